The van der Waals surface area contributed by atoms with Gasteiger partial charge in [0.25, 0.3) is 0 Å². The van der Waals surface area contributed by atoms with Crippen LogP contribution >= 0.6 is 0 Å². The van der Waals surface area contributed by atoms with Crippen LogP contribution in [-0.2, 0) is 4.79 Å². The number of hydrogen-bond acceptors (Lipinski definition) is 4. The predicted molar refractivity (Wildman–Crippen MR) is 81.5 cm³/mol. The molecule has 2 rings (SSSR count). The minimum Gasteiger partial charge on any atom is -0.481 e. The summed E-state index contributed by atoms with van der Waals surface area (Å²) in [6, 6.07) is 2.00. The summed E-state index contributed by atoms with van der Waals surface area (Å²) in [6.07, 6.45) is 6.47. The molecule has 21 heavy (non-hydrogen) atoms. The lowest BCUT2D eigenvalue weighted by Gasteiger charge is -2.14. The molecule has 2 heterocycles. The van der Waals surface area contributed by atoms with Crippen molar-refractivity contribution in [3.05, 3.63) is 24.2 Å². The molecular formula is C15H22N4O2. The lowest BCUT2D eigenvalue weighted by Crippen LogP contribution is -2.11. The summed E-state index contributed by atoms with van der Waals surface area (Å²) < 4.78 is 1.81. The SMILES string of the molecule is CCC(CCNc1nccn2nc(C)cc12)CCC(=O)O. The lowest BCUT2D eigenvalue weighted by molar-refractivity contribution is -0.137. The van der Waals surface area contributed by atoms with Gasteiger partial charge in [0.15, 0.2) is 5.82 Å². The largest absolute Gasteiger partial charge is 0.481 e. The van der Waals surface area contributed by atoms with E-state index >= 15 is 0 Å². The van der Waals surface area contributed by atoms with E-state index in [0.29, 0.717) is 5.92 Å². The smallest absolute Gasteiger partial charge is 0.303 e. The van der Waals surface area contributed by atoms with Gasteiger partial charge in [0, 0.05) is 25.4 Å². The van der Waals surface area contributed by atoms with Gasteiger partial charge in [-0.2, -0.15) is 5.10 Å². The first-order chi connectivity index (χ1) is 10.1. The molecule has 0 spiro atoms. The number of aromatic nitrogens is 3. The summed E-state index contributed by atoms with van der Waals surface area (Å²) in [5, 5.41) is 16.4. The van der Waals surface area contributed by atoms with E-state index < -0.39 is 5.97 Å². The second kappa shape index (κ2) is 7.06. The van der Waals surface area contributed by atoms with Crippen molar-refractivity contribution in [1.82, 2.24) is 14.6 Å². The molecule has 1 unspecified atom stereocenters. The molecule has 0 aliphatic carbocycles. The average molecular weight is 290 g/mol. The Balaban J connectivity index is 1.90. The molecule has 0 bridgehead atoms. The average Bonchev–Trinajstić information content (AvgIpc) is 2.83. The topological polar surface area (TPSA) is 79.5 Å². The van der Waals surface area contributed by atoms with Crippen LogP contribution in [0.25, 0.3) is 5.52 Å². The Labute approximate surface area is 124 Å². The Morgan fingerprint density at radius 3 is 3.00 bits per heavy atom. The molecule has 114 valence electrons. The van der Waals surface area contributed by atoms with Gasteiger partial charge < -0.3 is 10.4 Å². The third kappa shape index (κ3) is 4.18. The summed E-state index contributed by atoms with van der Waals surface area (Å²) in [7, 11) is 0. The number of nitrogens with one attached hydrogen (secondary N) is 1. The minimum atomic E-state index is -0.720. The van der Waals surface area contributed by atoms with Gasteiger partial charge in [0.2, 0.25) is 0 Å². The maximum Gasteiger partial charge on any atom is 0.303 e. The first kappa shape index (κ1) is 15.3. The van der Waals surface area contributed by atoms with Crippen LogP contribution in [0.5, 0.6) is 0 Å². The zero-order valence-corrected chi connectivity index (χ0v) is 12.5. The molecule has 6 heteroatoms. The molecule has 0 fully saturated rings. The van der Waals surface area contributed by atoms with Crippen molar-refractivity contribution >= 4 is 17.3 Å². The fourth-order valence-electron chi connectivity index (χ4n) is 2.46. The molecular weight excluding hydrogens is 268 g/mol. The maximum absolute atomic E-state index is 10.6. The van der Waals surface area contributed by atoms with Crippen molar-refractivity contribution < 1.29 is 9.90 Å². The molecule has 0 aliphatic rings. The zero-order valence-electron chi connectivity index (χ0n) is 12.5. The number of hydrogen-bond donors (Lipinski definition) is 2. The van der Waals surface area contributed by atoms with Gasteiger partial charge in [-0.05, 0) is 31.7 Å². The van der Waals surface area contributed by atoms with Crippen molar-refractivity contribution in [2.45, 2.75) is 39.5 Å². The van der Waals surface area contributed by atoms with Gasteiger partial charge >= 0.3 is 5.97 Å². The number of nitrogens with zero attached hydrogens (tertiary/aromatic N) is 3. The van der Waals surface area contributed by atoms with Crippen molar-refractivity contribution in [2.24, 2.45) is 5.92 Å². The van der Waals surface area contributed by atoms with Crippen LogP contribution in [0.1, 0.15) is 38.3 Å². The number of aliphatic carboxylic acids is 1. The molecule has 2 N–H and O–H groups in total. The molecule has 0 amide bonds. The van der Waals surface area contributed by atoms with Gasteiger partial charge in [0.1, 0.15) is 5.52 Å². The summed E-state index contributed by atoms with van der Waals surface area (Å²) in [4.78, 5) is 15.0. The monoisotopic (exact) mass is 290 g/mol. The van der Waals surface area contributed by atoms with E-state index in [1.807, 2.05) is 23.7 Å². The molecule has 2 aromatic rings. The second-order valence-corrected chi connectivity index (χ2v) is 5.31. The van der Waals surface area contributed by atoms with Crippen molar-refractivity contribution in [3.8, 4) is 0 Å². The van der Waals surface area contributed by atoms with Crippen LogP contribution in [0.3, 0.4) is 0 Å². The van der Waals surface area contributed by atoms with Gasteiger partial charge in [-0.25, -0.2) is 9.50 Å². The van der Waals surface area contributed by atoms with E-state index in [2.05, 4.69) is 22.3 Å². The van der Waals surface area contributed by atoms with E-state index in [1.165, 1.54) is 0 Å². The molecule has 2 aromatic heterocycles. The first-order valence-electron chi connectivity index (χ1n) is 7.36. The Kier molecular flexibility index (Phi) is 5.14. The Bertz CT molecular complexity index is 609. The number of rotatable bonds is 8. The summed E-state index contributed by atoms with van der Waals surface area (Å²) >= 11 is 0. The highest BCUT2D eigenvalue weighted by Gasteiger charge is 2.10. The maximum atomic E-state index is 10.6. The summed E-state index contributed by atoms with van der Waals surface area (Å²) in [6.45, 7) is 4.84. The third-order valence-electron chi connectivity index (χ3n) is 3.70. The standard InChI is InChI=1S/C15H22N4O2/c1-3-12(4-5-14(20)21)6-7-16-15-13-10-11(2)18-19(13)9-8-17-15/h8-10,12H,3-7H2,1-2H3,(H,16,17)(H,20,21). The Morgan fingerprint density at radius 1 is 1.48 bits per heavy atom. The van der Waals surface area contributed by atoms with Crippen LogP contribution in [0.15, 0.2) is 18.5 Å². The van der Waals surface area contributed by atoms with Crippen molar-refractivity contribution in [3.63, 3.8) is 0 Å². The van der Waals surface area contributed by atoms with Crippen LogP contribution in [0.2, 0.25) is 0 Å². The van der Waals surface area contributed by atoms with Crippen LogP contribution < -0.4 is 5.32 Å². The van der Waals surface area contributed by atoms with Crippen LogP contribution in [0.4, 0.5) is 5.82 Å². The second-order valence-electron chi connectivity index (χ2n) is 5.31. The van der Waals surface area contributed by atoms with E-state index in [1.54, 1.807) is 6.20 Å². The molecule has 6 nitrogen and oxygen atoms in total. The van der Waals surface area contributed by atoms with Crippen LogP contribution in [0, 0.1) is 12.8 Å². The number of carboxylic acid groups (broad SMARTS) is 1. The molecule has 0 aromatic carbocycles. The van der Waals surface area contributed by atoms with Crippen LogP contribution in [-0.4, -0.2) is 32.2 Å². The minimum absolute atomic E-state index is 0.244. The van der Waals surface area contributed by atoms with E-state index in [4.69, 9.17) is 5.11 Å². The van der Waals surface area contributed by atoms with Gasteiger partial charge in [-0.15, -0.1) is 0 Å². The fourth-order valence-corrected chi connectivity index (χ4v) is 2.46. The molecule has 0 saturated carbocycles. The Morgan fingerprint density at radius 2 is 2.29 bits per heavy atom. The Hall–Kier alpha value is -2.11. The van der Waals surface area contributed by atoms with Crippen molar-refractivity contribution in [2.75, 3.05) is 11.9 Å². The van der Waals surface area contributed by atoms with E-state index in [9.17, 15) is 4.79 Å². The predicted octanol–water partition coefficient (Wildman–Crippen LogP) is 2.73. The quantitative estimate of drug-likeness (QED) is 0.781. The third-order valence-corrected chi connectivity index (χ3v) is 3.70. The number of anilines is 1. The number of fused-ring (bicyclic) bond motifs is 1. The number of carboxylic acids is 1. The number of aryl methyl sites for hydroxylation is 1. The highest BCUT2D eigenvalue weighted by atomic mass is 16.4. The van der Waals surface area contributed by atoms with Gasteiger partial charge in [0.05, 0.1) is 5.69 Å². The van der Waals surface area contributed by atoms with E-state index in [-0.39, 0.29) is 6.42 Å². The van der Waals surface area contributed by atoms with E-state index in [0.717, 1.165) is 42.8 Å². The highest BCUT2D eigenvalue weighted by Crippen LogP contribution is 2.18. The number of carbonyl (C=O) groups is 1. The molecule has 0 radical (unpaired) electrons. The summed E-state index contributed by atoms with van der Waals surface area (Å²) in [5.74, 6) is 0.536. The fraction of sp³-hybridized carbons (Fsp3) is 0.533. The zero-order chi connectivity index (χ0) is 15.2. The molecule has 1 atom stereocenters. The van der Waals surface area contributed by atoms with Gasteiger partial charge in [-0.1, -0.05) is 13.3 Å². The first-order valence-corrected chi connectivity index (χ1v) is 7.36. The molecule has 0 saturated heterocycles. The normalized spacial score (nSPS) is 12.5. The van der Waals surface area contributed by atoms with Gasteiger partial charge in [-0.3, -0.25) is 4.79 Å². The molecule has 0 aliphatic heterocycles. The lowest BCUT2D eigenvalue weighted by atomic mass is 9.97. The highest BCUT2D eigenvalue weighted by molar-refractivity contribution is 5.67. The summed E-state index contributed by atoms with van der Waals surface area (Å²) in [5.41, 5.74) is 1.92. The van der Waals surface area contributed by atoms with Crippen molar-refractivity contribution in [1.29, 1.82) is 0 Å².